The number of para-hydroxylation sites is 1. The van der Waals surface area contributed by atoms with Crippen LogP contribution in [0.5, 0.6) is 0 Å². The first-order chi connectivity index (χ1) is 7.19. The molecule has 1 aromatic carbocycles. The fourth-order valence-electron chi connectivity index (χ4n) is 1.28. The summed E-state index contributed by atoms with van der Waals surface area (Å²) in [5.41, 5.74) is 3.18. The first-order valence-corrected chi connectivity index (χ1v) is 4.52. The van der Waals surface area contributed by atoms with E-state index in [2.05, 4.69) is 5.32 Å². The van der Waals surface area contributed by atoms with E-state index in [1.54, 1.807) is 12.1 Å². The van der Waals surface area contributed by atoms with Gasteiger partial charge in [-0.3, -0.25) is 0 Å². The third-order valence-corrected chi connectivity index (χ3v) is 2.08. The summed E-state index contributed by atoms with van der Waals surface area (Å²) >= 11 is 0. The summed E-state index contributed by atoms with van der Waals surface area (Å²) in [7, 11) is 0. The van der Waals surface area contributed by atoms with Crippen molar-refractivity contribution in [3.05, 3.63) is 41.1 Å². The van der Waals surface area contributed by atoms with Gasteiger partial charge in [0.05, 0.1) is 0 Å². The van der Waals surface area contributed by atoms with Crippen LogP contribution in [0.3, 0.4) is 0 Å². The molecule has 0 heterocycles. The molecule has 3 heteroatoms. The third kappa shape index (κ3) is 2.59. The molecule has 0 aliphatic heterocycles. The quantitative estimate of drug-likeness (QED) is 0.741. The monoisotopic (exact) mass is 197 g/mol. The number of aryl methyl sites for hydroxylation is 2. The van der Waals surface area contributed by atoms with Gasteiger partial charge in [0.25, 0.3) is 0 Å². The number of anilines is 1. The Hall–Kier alpha value is -2.26. The molecule has 0 unspecified atom stereocenters. The highest BCUT2D eigenvalue weighted by molar-refractivity contribution is 5.59. The molecule has 1 N–H and O–H groups in total. The van der Waals surface area contributed by atoms with E-state index in [9.17, 15) is 0 Å². The van der Waals surface area contributed by atoms with Crippen LogP contribution in [0.2, 0.25) is 0 Å². The van der Waals surface area contributed by atoms with E-state index in [0.29, 0.717) is 0 Å². The molecular weight excluding hydrogens is 186 g/mol. The van der Waals surface area contributed by atoms with Gasteiger partial charge in [-0.2, -0.15) is 10.5 Å². The second kappa shape index (κ2) is 4.83. The molecule has 0 atom stereocenters. The number of hydrogen-bond donors (Lipinski definition) is 1. The van der Waals surface area contributed by atoms with Crippen molar-refractivity contribution < 1.29 is 0 Å². The van der Waals surface area contributed by atoms with Gasteiger partial charge in [-0.25, -0.2) is 0 Å². The van der Waals surface area contributed by atoms with Gasteiger partial charge in [-0.15, -0.1) is 0 Å². The first kappa shape index (κ1) is 10.8. The van der Waals surface area contributed by atoms with E-state index in [0.717, 1.165) is 16.8 Å². The van der Waals surface area contributed by atoms with E-state index < -0.39 is 0 Å². The molecular formula is C12H11N3. The molecule has 1 aromatic rings. The lowest BCUT2D eigenvalue weighted by atomic mass is 10.1. The van der Waals surface area contributed by atoms with Crippen LogP contribution in [0.4, 0.5) is 5.69 Å². The standard InChI is InChI=1S/C12H11N3/c1-9-4-3-5-10(2)12(9)15-8-11(6-13)7-14/h3-5,8,15H,1-2H3. The summed E-state index contributed by atoms with van der Waals surface area (Å²) in [5.74, 6) is 0. The van der Waals surface area contributed by atoms with E-state index in [1.807, 2.05) is 32.0 Å². The summed E-state index contributed by atoms with van der Waals surface area (Å²) in [6, 6.07) is 9.51. The molecule has 0 amide bonds. The highest BCUT2D eigenvalue weighted by Crippen LogP contribution is 2.19. The lowest BCUT2D eigenvalue weighted by Crippen LogP contribution is -1.95. The van der Waals surface area contributed by atoms with Crippen molar-refractivity contribution in [1.29, 1.82) is 10.5 Å². The number of nitrogens with one attached hydrogen (secondary N) is 1. The second-order valence-electron chi connectivity index (χ2n) is 3.19. The molecule has 0 radical (unpaired) electrons. The number of nitrogens with zero attached hydrogens (tertiary/aromatic N) is 2. The minimum absolute atomic E-state index is 0.0673. The number of allylic oxidation sites excluding steroid dienone is 1. The van der Waals surface area contributed by atoms with Gasteiger partial charge >= 0.3 is 0 Å². The molecule has 15 heavy (non-hydrogen) atoms. The summed E-state index contributed by atoms with van der Waals surface area (Å²) in [5, 5.41) is 20.1. The van der Waals surface area contributed by atoms with Crippen LogP contribution < -0.4 is 5.32 Å². The van der Waals surface area contributed by atoms with Crippen molar-refractivity contribution in [2.24, 2.45) is 0 Å². The molecule has 3 nitrogen and oxygen atoms in total. The molecule has 1 rings (SSSR count). The molecule has 0 aliphatic rings. The average Bonchev–Trinajstić information content (AvgIpc) is 2.23. The van der Waals surface area contributed by atoms with Gasteiger partial charge in [-0.1, -0.05) is 18.2 Å². The largest absolute Gasteiger partial charge is 0.359 e. The van der Waals surface area contributed by atoms with E-state index in [-0.39, 0.29) is 5.57 Å². The van der Waals surface area contributed by atoms with Crippen molar-refractivity contribution in [3.8, 4) is 12.1 Å². The average molecular weight is 197 g/mol. The van der Waals surface area contributed by atoms with Gasteiger partial charge in [0.2, 0.25) is 0 Å². The zero-order valence-electron chi connectivity index (χ0n) is 8.70. The molecule has 0 saturated carbocycles. The first-order valence-electron chi connectivity index (χ1n) is 4.52. The fourth-order valence-corrected chi connectivity index (χ4v) is 1.28. The van der Waals surface area contributed by atoms with E-state index in [4.69, 9.17) is 10.5 Å². The van der Waals surface area contributed by atoms with Crippen molar-refractivity contribution in [1.82, 2.24) is 0 Å². The maximum absolute atomic E-state index is 8.56. The van der Waals surface area contributed by atoms with E-state index >= 15 is 0 Å². The minimum atomic E-state index is 0.0673. The molecule has 0 aromatic heterocycles. The number of nitriles is 2. The SMILES string of the molecule is Cc1cccc(C)c1NC=C(C#N)C#N. The summed E-state index contributed by atoms with van der Waals surface area (Å²) in [6.45, 7) is 3.95. The van der Waals surface area contributed by atoms with Crippen LogP contribution in [0.25, 0.3) is 0 Å². The molecule has 74 valence electrons. The van der Waals surface area contributed by atoms with Gasteiger partial charge in [-0.05, 0) is 25.0 Å². The molecule has 0 fully saturated rings. The van der Waals surface area contributed by atoms with Crippen LogP contribution in [-0.4, -0.2) is 0 Å². The number of benzene rings is 1. The Labute approximate surface area is 89.3 Å². The lowest BCUT2D eigenvalue weighted by Gasteiger charge is -2.08. The summed E-state index contributed by atoms with van der Waals surface area (Å²) in [4.78, 5) is 0. The van der Waals surface area contributed by atoms with Gasteiger partial charge < -0.3 is 5.32 Å². The minimum Gasteiger partial charge on any atom is -0.359 e. The van der Waals surface area contributed by atoms with Crippen molar-refractivity contribution in [2.75, 3.05) is 5.32 Å². The van der Waals surface area contributed by atoms with Crippen LogP contribution in [-0.2, 0) is 0 Å². The lowest BCUT2D eigenvalue weighted by molar-refractivity contribution is 1.35. The Morgan fingerprint density at radius 2 is 1.73 bits per heavy atom. The molecule has 0 aliphatic carbocycles. The molecule has 0 spiro atoms. The normalized spacial score (nSPS) is 8.53. The second-order valence-corrected chi connectivity index (χ2v) is 3.19. The number of rotatable bonds is 2. The Bertz CT molecular complexity index is 436. The van der Waals surface area contributed by atoms with E-state index in [1.165, 1.54) is 6.20 Å². The Morgan fingerprint density at radius 3 is 2.20 bits per heavy atom. The Balaban J connectivity index is 2.98. The van der Waals surface area contributed by atoms with Crippen LogP contribution >= 0.6 is 0 Å². The predicted molar refractivity (Wildman–Crippen MR) is 58.8 cm³/mol. The maximum Gasteiger partial charge on any atom is 0.145 e. The zero-order chi connectivity index (χ0) is 11.3. The number of hydrogen-bond acceptors (Lipinski definition) is 3. The predicted octanol–water partition coefficient (Wildman–Crippen LogP) is 2.65. The topological polar surface area (TPSA) is 59.6 Å². The van der Waals surface area contributed by atoms with Crippen LogP contribution in [0.1, 0.15) is 11.1 Å². The van der Waals surface area contributed by atoms with Gasteiger partial charge in [0, 0.05) is 11.9 Å². The highest BCUT2D eigenvalue weighted by atomic mass is 14.8. The summed E-state index contributed by atoms with van der Waals surface area (Å²) < 4.78 is 0. The Kier molecular flexibility index (Phi) is 3.49. The van der Waals surface area contributed by atoms with Crippen LogP contribution in [0.15, 0.2) is 30.0 Å². The van der Waals surface area contributed by atoms with Crippen molar-refractivity contribution in [3.63, 3.8) is 0 Å². The zero-order valence-corrected chi connectivity index (χ0v) is 8.70. The summed E-state index contributed by atoms with van der Waals surface area (Å²) in [6.07, 6.45) is 1.43. The fraction of sp³-hybridized carbons (Fsp3) is 0.167. The van der Waals surface area contributed by atoms with Gasteiger partial charge in [0.15, 0.2) is 0 Å². The maximum atomic E-state index is 8.56. The van der Waals surface area contributed by atoms with Crippen LogP contribution in [0, 0.1) is 36.5 Å². The molecule has 0 bridgehead atoms. The smallest absolute Gasteiger partial charge is 0.145 e. The Morgan fingerprint density at radius 1 is 1.20 bits per heavy atom. The van der Waals surface area contributed by atoms with Crippen molar-refractivity contribution in [2.45, 2.75) is 13.8 Å². The third-order valence-electron chi connectivity index (χ3n) is 2.08. The van der Waals surface area contributed by atoms with Crippen molar-refractivity contribution >= 4 is 5.69 Å². The highest BCUT2D eigenvalue weighted by Gasteiger charge is 1.99. The molecule has 0 saturated heterocycles. The van der Waals surface area contributed by atoms with Gasteiger partial charge in [0.1, 0.15) is 17.7 Å².